The second-order valence-corrected chi connectivity index (χ2v) is 5.24. The summed E-state index contributed by atoms with van der Waals surface area (Å²) in [4.78, 5) is 11.4. The first-order chi connectivity index (χ1) is 9.30. The third-order valence-electron chi connectivity index (χ3n) is 2.23. The maximum atomic E-state index is 11.4. The Labute approximate surface area is 118 Å². The molecule has 0 aliphatic carbocycles. The van der Waals surface area contributed by atoms with Crippen LogP contribution in [0.1, 0.15) is 26.3 Å². The van der Waals surface area contributed by atoms with Crippen LogP contribution >= 0.6 is 0 Å². The number of amides is 1. The van der Waals surface area contributed by atoms with E-state index < -0.39 is 11.7 Å². The number of nitrogens with zero attached hydrogens (tertiary/aromatic N) is 1. The number of hydrogen-bond donors (Lipinski definition) is 2. The molecule has 6 heteroatoms. The molecular formula is C14H21N3O3. The Hall–Kier alpha value is -2.24. The van der Waals surface area contributed by atoms with Gasteiger partial charge in [-0.15, -0.1) is 0 Å². The molecule has 0 atom stereocenters. The van der Waals surface area contributed by atoms with Crippen molar-refractivity contribution in [3.05, 3.63) is 29.8 Å². The summed E-state index contributed by atoms with van der Waals surface area (Å²) in [5.74, 6) is 1.07. The summed E-state index contributed by atoms with van der Waals surface area (Å²) >= 11 is 0. The third kappa shape index (κ3) is 6.08. The van der Waals surface area contributed by atoms with Gasteiger partial charge in [0.1, 0.15) is 17.2 Å². The molecule has 110 valence electrons. The van der Waals surface area contributed by atoms with Crippen LogP contribution in [0.5, 0.6) is 5.75 Å². The molecule has 0 fully saturated rings. The van der Waals surface area contributed by atoms with Crippen LogP contribution < -0.4 is 15.9 Å². The average Bonchev–Trinajstić information content (AvgIpc) is 2.35. The van der Waals surface area contributed by atoms with Gasteiger partial charge in [0.05, 0.1) is 7.11 Å². The molecule has 0 saturated heterocycles. The molecule has 1 aromatic rings. The van der Waals surface area contributed by atoms with Crippen molar-refractivity contribution in [1.29, 1.82) is 0 Å². The smallest absolute Gasteiger partial charge is 0.428 e. The minimum atomic E-state index is -0.629. The van der Waals surface area contributed by atoms with E-state index in [1.807, 2.05) is 24.3 Å². The normalized spacial score (nSPS) is 11.9. The van der Waals surface area contributed by atoms with Crippen molar-refractivity contribution in [2.45, 2.75) is 32.8 Å². The predicted octanol–water partition coefficient (Wildman–Crippen LogP) is 2.03. The van der Waals surface area contributed by atoms with Crippen molar-refractivity contribution in [2.75, 3.05) is 7.11 Å². The zero-order valence-electron chi connectivity index (χ0n) is 12.3. The van der Waals surface area contributed by atoms with E-state index in [1.165, 1.54) is 0 Å². The number of nitrogens with two attached hydrogens (primary N) is 1. The highest BCUT2D eigenvalue weighted by Crippen LogP contribution is 2.11. The number of benzene rings is 1. The van der Waals surface area contributed by atoms with Gasteiger partial charge in [-0.05, 0) is 38.5 Å². The lowest BCUT2D eigenvalue weighted by atomic mass is 10.1. The highest BCUT2D eigenvalue weighted by atomic mass is 16.6. The molecule has 0 saturated carbocycles. The molecule has 0 aromatic heterocycles. The van der Waals surface area contributed by atoms with Gasteiger partial charge < -0.3 is 15.2 Å². The Bertz CT molecular complexity index is 475. The first-order valence-corrected chi connectivity index (χ1v) is 6.24. The zero-order valence-corrected chi connectivity index (χ0v) is 12.3. The number of rotatable bonds is 4. The molecule has 0 heterocycles. The number of hydrazone groups is 1. The number of carbonyl (C=O) groups is 1. The van der Waals surface area contributed by atoms with Crippen LogP contribution in [0.2, 0.25) is 0 Å². The molecule has 0 unspecified atom stereocenters. The minimum Gasteiger partial charge on any atom is -0.497 e. The van der Waals surface area contributed by atoms with E-state index in [4.69, 9.17) is 15.2 Å². The minimum absolute atomic E-state index is 0.293. The van der Waals surface area contributed by atoms with Crippen LogP contribution in [0.15, 0.2) is 29.4 Å². The summed E-state index contributed by atoms with van der Waals surface area (Å²) in [6.45, 7) is 5.32. The lowest BCUT2D eigenvalue weighted by Crippen LogP contribution is -2.31. The summed E-state index contributed by atoms with van der Waals surface area (Å²) in [6, 6.07) is 7.44. The van der Waals surface area contributed by atoms with Crippen LogP contribution in [-0.2, 0) is 11.2 Å². The quantitative estimate of drug-likeness (QED) is 0.501. The van der Waals surface area contributed by atoms with Crippen LogP contribution in [0.25, 0.3) is 0 Å². The fourth-order valence-electron chi connectivity index (χ4n) is 1.41. The Kier molecular flexibility index (Phi) is 5.37. The maximum absolute atomic E-state index is 11.4. The summed E-state index contributed by atoms with van der Waals surface area (Å²) in [5, 5.41) is 3.78. The van der Waals surface area contributed by atoms with Gasteiger partial charge in [0.25, 0.3) is 0 Å². The van der Waals surface area contributed by atoms with Crippen molar-refractivity contribution in [3.8, 4) is 5.75 Å². The van der Waals surface area contributed by atoms with Crippen molar-refractivity contribution < 1.29 is 14.3 Å². The third-order valence-corrected chi connectivity index (χ3v) is 2.23. The number of ether oxygens (including phenoxy) is 2. The van der Waals surface area contributed by atoms with E-state index in [1.54, 1.807) is 27.9 Å². The number of hydrogen-bond acceptors (Lipinski definition) is 4. The summed E-state index contributed by atoms with van der Waals surface area (Å²) < 4.78 is 10.1. The van der Waals surface area contributed by atoms with E-state index in [0.717, 1.165) is 11.3 Å². The average molecular weight is 279 g/mol. The van der Waals surface area contributed by atoms with Crippen molar-refractivity contribution in [2.24, 2.45) is 10.8 Å². The summed E-state index contributed by atoms with van der Waals surface area (Å²) in [6.07, 6.45) is -0.199. The van der Waals surface area contributed by atoms with Crippen LogP contribution in [0, 0.1) is 0 Å². The summed E-state index contributed by atoms with van der Waals surface area (Å²) in [7, 11) is 1.61. The Morgan fingerprint density at radius 1 is 1.30 bits per heavy atom. The number of amidine groups is 1. The van der Waals surface area contributed by atoms with Crippen molar-refractivity contribution in [1.82, 2.24) is 5.43 Å². The van der Waals surface area contributed by atoms with Gasteiger partial charge in [0.2, 0.25) is 0 Å². The van der Waals surface area contributed by atoms with E-state index in [0.29, 0.717) is 12.3 Å². The van der Waals surface area contributed by atoms with Crippen molar-refractivity contribution in [3.63, 3.8) is 0 Å². The van der Waals surface area contributed by atoms with Crippen molar-refractivity contribution >= 4 is 11.9 Å². The van der Waals surface area contributed by atoms with Crippen LogP contribution in [0.3, 0.4) is 0 Å². The SMILES string of the molecule is COc1ccc(C/C(N)=N\NC(=O)OC(C)(C)C)cc1. The van der Waals surface area contributed by atoms with Gasteiger partial charge in [-0.2, -0.15) is 5.10 Å². The largest absolute Gasteiger partial charge is 0.497 e. The first-order valence-electron chi connectivity index (χ1n) is 6.24. The lowest BCUT2D eigenvalue weighted by molar-refractivity contribution is 0.0529. The highest BCUT2D eigenvalue weighted by molar-refractivity contribution is 5.83. The Morgan fingerprint density at radius 3 is 2.40 bits per heavy atom. The molecule has 0 spiro atoms. The van der Waals surface area contributed by atoms with Gasteiger partial charge in [-0.25, -0.2) is 10.2 Å². The second-order valence-electron chi connectivity index (χ2n) is 5.24. The molecule has 0 bridgehead atoms. The molecule has 0 aliphatic heterocycles. The highest BCUT2D eigenvalue weighted by Gasteiger charge is 2.15. The van der Waals surface area contributed by atoms with E-state index in [2.05, 4.69) is 10.5 Å². The Balaban J connectivity index is 2.50. The predicted molar refractivity (Wildman–Crippen MR) is 77.7 cm³/mol. The number of methoxy groups -OCH3 is 1. The lowest BCUT2D eigenvalue weighted by Gasteiger charge is -2.18. The first kappa shape index (κ1) is 15.8. The summed E-state index contributed by atoms with van der Waals surface area (Å²) in [5.41, 5.74) is 8.40. The van der Waals surface area contributed by atoms with Crippen LogP contribution in [-0.4, -0.2) is 24.6 Å². The topological polar surface area (TPSA) is 85.9 Å². The van der Waals surface area contributed by atoms with E-state index >= 15 is 0 Å². The van der Waals surface area contributed by atoms with Crippen LogP contribution in [0.4, 0.5) is 4.79 Å². The standard InChI is InChI=1S/C14H21N3O3/c1-14(2,3)20-13(18)17-16-12(15)9-10-5-7-11(19-4)8-6-10/h5-8H,9H2,1-4H3,(H2,15,16)(H,17,18). The molecule has 6 nitrogen and oxygen atoms in total. The van der Waals surface area contributed by atoms with Gasteiger partial charge in [0, 0.05) is 6.42 Å². The van der Waals surface area contributed by atoms with Gasteiger partial charge >= 0.3 is 6.09 Å². The molecule has 1 rings (SSSR count). The number of carbonyl (C=O) groups excluding carboxylic acids is 1. The molecular weight excluding hydrogens is 258 g/mol. The maximum Gasteiger partial charge on any atom is 0.428 e. The fourth-order valence-corrected chi connectivity index (χ4v) is 1.41. The Morgan fingerprint density at radius 2 is 1.90 bits per heavy atom. The molecule has 1 amide bonds. The van der Waals surface area contributed by atoms with Gasteiger partial charge in [-0.3, -0.25) is 0 Å². The molecule has 3 N–H and O–H groups in total. The van der Waals surface area contributed by atoms with Gasteiger partial charge in [-0.1, -0.05) is 12.1 Å². The van der Waals surface area contributed by atoms with Gasteiger partial charge in [0.15, 0.2) is 0 Å². The molecule has 1 aromatic carbocycles. The van der Waals surface area contributed by atoms with E-state index in [-0.39, 0.29) is 0 Å². The zero-order chi connectivity index (χ0) is 15.2. The van der Waals surface area contributed by atoms with E-state index in [9.17, 15) is 4.79 Å². The fraction of sp³-hybridized carbons (Fsp3) is 0.429. The molecule has 20 heavy (non-hydrogen) atoms. The molecule has 0 aliphatic rings. The monoisotopic (exact) mass is 279 g/mol. The molecule has 0 radical (unpaired) electrons. The number of nitrogens with one attached hydrogen (secondary N) is 1. The second kappa shape index (κ2) is 6.79.